The predicted molar refractivity (Wildman–Crippen MR) is 95.3 cm³/mol. The summed E-state index contributed by atoms with van der Waals surface area (Å²) in [6.45, 7) is 6.23. The van der Waals surface area contributed by atoms with E-state index in [1.165, 1.54) is 16.3 Å². The van der Waals surface area contributed by atoms with Gasteiger partial charge in [-0.25, -0.2) is 0 Å². The van der Waals surface area contributed by atoms with Crippen molar-refractivity contribution in [3.63, 3.8) is 0 Å². The van der Waals surface area contributed by atoms with Gasteiger partial charge in [0, 0.05) is 24.0 Å². The Kier molecular flexibility index (Phi) is 4.67. The topological polar surface area (TPSA) is 41.1 Å². The van der Waals surface area contributed by atoms with Gasteiger partial charge in [0.1, 0.15) is 0 Å². The van der Waals surface area contributed by atoms with E-state index in [0.717, 1.165) is 12.8 Å². The molecule has 2 aromatic rings. The standard InChI is InChI=1S/C20H26N2O/c1-13(2)21-20(23)16-11-17(12-16)22-14(3)18-10-6-8-15-7-4-5-9-19(15)18/h4-10,13-14,16-17,22H,11-12H2,1-3H3,(H,21,23)/t14-,16?,17?/m1/s1. The smallest absolute Gasteiger partial charge is 0.223 e. The molecule has 2 N–H and O–H groups in total. The van der Waals surface area contributed by atoms with Gasteiger partial charge in [0.2, 0.25) is 5.91 Å². The zero-order chi connectivity index (χ0) is 16.4. The van der Waals surface area contributed by atoms with Crippen LogP contribution in [-0.2, 0) is 4.79 Å². The van der Waals surface area contributed by atoms with Crippen LogP contribution in [0.1, 0.15) is 45.2 Å². The lowest BCUT2D eigenvalue weighted by atomic mass is 9.79. The molecule has 0 heterocycles. The first kappa shape index (κ1) is 16.0. The van der Waals surface area contributed by atoms with Crippen LogP contribution in [0.25, 0.3) is 10.8 Å². The molecular weight excluding hydrogens is 284 g/mol. The summed E-state index contributed by atoms with van der Waals surface area (Å²) in [6.07, 6.45) is 1.88. The Balaban J connectivity index is 1.60. The number of benzene rings is 2. The van der Waals surface area contributed by atoms with Crippen LogP contribution in [0, 0.1) is 5.92 Å². The van der Waals surface area contributed by atoms with Crippen molar-refractivity contribution >= 4 is 16.7 Å². The van der Waals surface area contributed by atoms with E-state index in [-0.39, 0.29) is 17.9 Å². The van der Waals surface area contributed by atoms with Crippen molar-refractivity contribution in [1.82, 2.24) is 10.6 Å². The van der Waals surface area contributed by atoms with Crippen LogP contribution in [-0.4, -0.2) is 18.0 Å². The van der Waals surface area contributed by atoms with Gasteiger partial charge in [-0.15, -0.1) is 0 Å². The fourth-order valence-corrected chi connectivity index (χ4v) is 3.44. The van der Waals surface area contributed by atoms with Crippen molar-refractivity contribution in [2.24, 2.45) is 5.92 Å². The monoisotopic (exact) mass is 310 g/mol. The van der Waals surface area contributed by atoms with E-state index in [1.54, 1.807) is 0 Å². The summed E-state index contributed by atoms with van der Waals surface area (Å²) in [5.41, 5.74) is 1.33. The number of carbonyl (C=O) groups excluding carboxylic acids is 1. The maximum Gasteiger partial charge on any atom is 0.223 e. The van der Waals surface area contributed by atoms with Gasteiger partial charge in [-0.2, -0.15) is 0 Å². The molecule has 3 rings (SSSR count). The van der Waals surface area contributed by atoms with Crippen molar-refractivity contribution in [1.29, 1.82) is 0 Å². The molecule has 1 aliphatic rings. The molecule has 2 aromatic carbocycles. The molecule has 0 bridgehead atoms. The van der Waals surface area contributed by atoms with E-state index < -0.39 is 0 Å². The first-order chi connectivity index (χ1) is 11.0. The van der Waals surface area contributed by atoms with Crippen molar-refractivity contribution in [2.75, 3.05) is 0 Å². The lowest BCUT2D eigenvalue weighted by Crippen LogP contribution is -2.49. The quantitative estimate of drug-likeness (QED) is 0.882. The molecule has 3 heteroatoms. The minimum Gasteiger partial charge on any atom is -0.354 e. The molecule has 1 saturated carbocycles. The molecule has 0 aromatic heterocycles. The minimum atomic E-state index is 0.176. The third-order valence-electron chi connectivity index (χ3n) is 4.72. The lowest BCUT2D eigenvalue weighted by molar-refractivity contribution is -0.128. The fourth-order valence-electron chi connectivity index (χ4n) is 3.44. The number of amides is 1. The van der Waals surface area contributed by atoms with Crippen molar-refractivity contribution in [3.05, 3.63) is 48.0 Å². The molecule has 122 valence electrons. The van der Waals surface area contributed by atoms with Gasteiger partial charge in [0.15, 0.2) is 0 Å². The average Bonchev–Trinajstić information content (AvgIpc) is 2.48. The van der Waals surface area contributed by atoms with E-state index in [0.29, 0.717) is 12.1 Å². The maximum atomic E-state index is 12.0. The number of carbonyl (C=O) groups is 1. The first-order valence-corrected chi connectivity index (χ1v) is 8.58. The van der Waals surface area contributed by atoms with Crippen LogP contribution < -0.4 is 10.6 Å². The van der Waals surface area contributed by atoms with E-state index in [4.69, 9.17) is 0 Å². The van der Waals surface area contributed by atoms with E-state index in [1.807, 2.05) is 13.8 Å². The largest absolute Gasteiger partial charge is 0.354 e. The Morgan fingerprint density at radius 3 is 2.48 bits per heavy atom. The third-order valence-corrected chi connectivity index (χ3v) is 4.72. The van der Waals surface area contributed by atoms with Crippen LogP contribution in [0.5, 0.6) is 0 Å². The van der Waals surface area contributed by atoms with E-state index in [9.17, 15) is 4.79 Å². The van der Waals surface area contributed by atoms with Gasteiger partial charge in [-0.1, -0.05) is 42.5 Å². The van der Waals surface area contributed by atoms with Gasteiger partial charge in [-0.05, 0) is 49.9 Å². The molecular formula is C20H26N2O. The minimum absolute atomic E-state index is 0.176. The number of hydrogen-bond donors (Lipinski definition) is 2. The molecule has 3 nitrogen and oxygen atoms in total. The SMILES string of the molecule is CC(C)NC(=O)C1CC(N[C@H](C)c2cccc3ccccc23)C1. The van der Waals surface area contributed by atoms with Gasteiger partial charge in [0.05, 0.1) is 0 Å². The van der Waals surface area contributed by atoms with Crippen molar-refractivity contribution in [2.45, 2.75) is 51.7 Å². The third kappa shape index (κ3) is 3.56. The summed E-state index contributed by atoms with van der Waals surface area (Å²) in [7, 11) is 0. The van der Waals surface area contributed by atoms with E-state index in [2.05, 4.69) is 60.0 Å². The van der Waals surface area contributed by atoms with E-state index >= 15 is 0 Å². The van der Waals surface area contributed by atoms with Crippen LogP contribution in [0.4, 0.5) is 0 Å². The maximum absolute atomic E-state index is 12.0. The number of nitrogens with one attached hydrogen (secondary N) is 2. The van der Waals surface area contributed by atoms with Gasteiger partial charge >= 0.3 is 0 Å². The molecule has 1 atom stereocenters. The lowest BCUT2D eigenvalue weighted by Gasteiger charge is -2.37. The summed E-state index contributed by atoms with van der Waals surface area (Å²) in [4.78, 5) is 12.0. The Morgan fingerprint density at radius 1 is 1.04 bits per heavy atom. The Morgan fingerprint density at radius 2 is 1.74 bits per heavy atom. The predicted octanol–water partition coefficient (Wildman–Crippen LogP) is 3.79. The molecule has 0 aliphatic heterocycles. The summed E-state index contributed by atoms with van der Waals surface area (Å²) >= 11 is 0. The van der Waals surface area contributed by atoms with Crippen LogP contribution in [0.15, 0.2) is 42.5 Å². The molecule has 1 fully saturated rings. The van der Waals surface area contributed by atoms with Crippen molar-refractivity contribution < 1.29 is 4.79 Å². The molecule has 0 spiro atoms. The number of fused-ring (bicyclic) bond motifs is 1. The van der Waals surface area contributed by atoms with Crippen LogP contribution >= 0.6 is 0 Å². The Labute approximate surface area is 138 Å². The fraction of sp³-hybridized carbons (Fsp3) is 0.450. The molecule has 1 amide bonds. The summed E-state index contributed by atoms with van der Waals surface area (Å²) < 4.78 is 0. The number of hydrogen-bond acceptors (Lipinski definition) is 2. The highest BCUT2D eigenvalue weighted by molar-refractivity contribution is 5.86. The zero-order valence-corrected chi connectivity index (χ0v) is 14.2. The first-order valence-electron chi connectivity index (χ1n) is 8.58. The Hall–Kier alpha value is -1.87. The molecule has 0 saturated heterocycles. The summed E-state index contributed by atoms with van der Waals surface area (Å²) in [5.74, 6) is 0.380. The zero-order valence-electron chi connectivity index (χ0n) is 14.2. The second kappa shape index (κ2) is 6.71. The highest BCUT2D eigenvalue weighted by Gasteiger charge is 2.35. The van der Waals surface area contributed by atoms with Gasteiger partial charge in [-0.3, -0.25) is 4.79 Å². The van der Waals surface area contributed by atoms with Crippen molar-refractivity contribution in [3.8, 4) is 0 Å². The second-order valence-corrected chi connectivity index (χ2v) is 6.99. The summed E-state index contributed by atoms with van der Waals surface area (Å²) in [6, 6.07) is 15.9. The number of rotatable bonds is 5. The van der Waals surface area contributed by atoms with Gasteiger partial charge < -0.3 is 10.6 Å². The summed E-state index contributed by atoms with van der Waals surface area (Å²) in [5, 5.41) is 9.28. The van der Waals surface area contributed by atoms with Crippen LogP contribution in [0.3, 0.4) is 0 Å². The van der Waals surface area contributed by atoms with Gasteiger partial charge in [0.25, 0.3) is 0 Å². The average molecular weight is 310 g/mol. The normalized spacial score (nSPS) is 21.9. The molecule has 0 unspecified atom stereocenters. The Bertz CT molecular complexity index is 684. The molecule has 0 radical (unpaired) electrons. The van der Waals surface area contributed by atoms with Crippen LogP contribution in [0.2, 0.25) is 0 Å². The highest BCUT2D eigenvalue weighted by Crippen LogP contribution is 2.31. The molecule has 23 heavy (non-hydrogen) atoms. The second-order valence-electron chi connectivity index (χ2n) is 6.99. The molecule has 1 aliphatic carbocycles. The highest BCUT2D eigenvalue weighted by atomic mass is 16.2.